The zero-order chi connectivity index (χ0) is 12.4. The van der Waals surface area contributed by atoms with Gasteiger partial charge in [-0.3, -0.25) is 0 Å². The average Bonchev–Trinajstić information content (AvgIpc) is 2.84. The van der Waals surface area contributed by atoms with Crippen molar-refractivity contribution in [1.29, 1.82) is 0 Å². The Balaban J connectivity index is 1.72. The summed E-state index contributed by atoms with van der Waals surface area (Å²) in [5, 5.41) is 3.41. The molecule has 0 radical (unpaired) electrons. The van der Waals surface area contributed by atoms with E-state index in [0.29, 0.717) is 5.41 Å². The highest BCUT2D eigenvalue weighted by Crippen LogP contribution is 2.36. The molecule has 0 saturated carbocycles. The predicted molar refractivity (Wildman–Crippen MR) is 77.4 cm³/mol. The first-order chi connectivity index (χ1) is 8.77. The molecule has 0 aromatic heterocycles. The Labute approximate surface area is 113 Å². The minimum absolute atomic E-state index is 0.375. The van der Waals surface area contributed by atoms with E-state index in [-0.39, 0.29) is 0 Å². The Hall–Kier alpha value is -0.670. The molecule has 2 aliphatic heterocycles. The fourth-order valence-electron chi connectivity index (χ4n) is 2.71. The molecule has 1 atom stereocenters. The highest BCUT2D eigenvalue weighted by molar-refractivity contribution is 7.99. The molecule has 98 valence electrons. The van der Waals surface area contributed by atoms with Crippen molar-refractivity contribution in [2.45, 2.75) is 26.3 Å². The molecule has 3 heteroatoms. The number of nitrogens with one attached hydrogen (secondary N) is 1. The summed E-state index contributed by atoms with van der Waals surface area (Å²) in [7, 11) is 0. The Bertz CT molecular complexity index is 427. The van der Waals surface area contributed by atoms with E-state index in [4.69, 9.17) is 4.74 Å². The topological polar surface area (TPSA) is 21.3 Å². The Kier molecular flexibility index (Phi) is 3.53. The molecule has 1 aromatic rings. The molecular formula is C15H21NOS. The second-order valence-corrected chi connectivity index (χ2v) is 6.83. The fraction of sp³-hybridized carbons (Fsp3) is 0.600. The fourth-order valence-corrected chi connectivity index (χ4v) is 4.21. The molecule has 0 bridgehead atoms. The van der Waals surface area contributed by atoms with Crippen molar-refractivity contribution >= 4 is 11.8 Å². The van der Waals surface area contributed by atoms with Gasteiger partial charge in [0.15, 0.2) is 0 Å². The van der Waals surface area contributed by atoms with Crippen molar-refractivity contribution in [2.24, 2.45) is 5.41 Å². The van der Waals surface area contributed by atoms with Gasteiger partial charge < -0.3 is 10.1 Å². The van der Waals surface area contributed by atoms with Gasteiger partial charge >= 0.3 is 0 Å². The van der Waals surface area contributed by atoms with E-state index >= 15 is 0 Å². The van der Waals surface area contributed by atoms with E-state index in [9.17, 15) is 0 Å². The highest BCUT2D eigenvalue weighted by atomic mass is 32.2. The standard InChI is InChI=1S/C15H21NOS/c1-15(6-8-18-11-15)10-17-14-4-2-3-12-9-16-7-5-13(12)14/h2-4,16H,5-11H2,1H3. The first-order valence-corrected chi connectivity index (χ1v) is 7.94. The second kappa shape index (κ2) is 5.14. The molecule has 1 saturated heterocycles. The quantitative estimate of drug-likeness (QED) is 0.906. The number of rotatable bonds is 3. The van der Waals surface area contributed by atoms with Crippen LogP contribution in [0.5, 0.6) is 5.75 Å². The maximum Gasteiger partial charge on any atom is 0.122 e. The van der Waals surface area contributed by atoms with Crippen molar-refractivity contribution in [1.82, 2.24) is 5.32 Å². The van der Waals surface area contributed by atoms with Gasteiger partial charge in [-0.25, -0.2) is 0 Å². The summed E-state index contributed by atoms with van der Waals surface area (Å²) >= 11 is 2.05. The molecule has 0 aliphatic carbocycles. The lowest BCUT2D eigenvalue weighted by molar-refractivity contribution is 0.185. The molecular weight excluding hydrogens is 242 g/mol. The molecule has 1 N–H and O–H groups in total. The number of hydrogen-bond acceptors (Lipinski definition) is 3. The van der Waals surface area contributed by atoms with Gasteiger partial charge in [-0.15, -0.1) is 0 Å². The normalized spacial score (nSPS) is 26.9. The first kappa shape index (κ1) is 12.4. The van der Waals surface area contributed by atoms with Gasteiger partial charge in [-0.05, 0) is 42.3 Å². The van der Waals surface area contributed by atoms with Crippen molar-refractivity contribution in [3.63, 3.8) is 0 Å². The van der Waals surface area contributed by atoms with Gasteiger partial charge in [0.05, 0.1) is 6.61 Å². The van der Waals surface area contributed by atoms with Crippen molar-refractivity contribution in [2.75, 3.05) is 24.7 Å². The molecule has 2 nitrogen and oxygen atoms in total. The molecule has 1 aromatic carbocycles. The maximum atomic E-state index is 6.15. The molecule has 3 rings (SSSR count). The summed E-state index contributed by atoms with van der Waals surface area (Å²) in [6.07, 6.45) is 2.38. The molecule has 0 spiro atoms. The van der Waals surface area contributed by atoms with Crippen molar-refractivity contribution in [3.05, 3.63) is 29.3 Å². The molecule has 18 heavy (non-hydrogen) atoms. The zero-order valence-corrected chi connectivity index (χ0v) is 11.8. The summed E-state index contributed by atoms with van der Waals surface area (Å²) in [6, 6.07) is 6.46. The largest absolute Gasteiger partial charge is 0.493 e. The molecule has 0 amide bonds. The zero-order valence-electron chi connectivity index (χ0n) is 11.0. The lowest BCUT2D eigenvalue weighted by Crippen LogP contribution is -2.27. The van der Waals surface area contributed by atoms with Gasteiger partial charge in [0, 0.05) is 17.7 Å². The van der Waals surface area contributed by atoms with Crippen LogP contribution in [0.15, 0.2) is 18.2 Å². The summed E-state index contributed by atoms with van der Waals surface area (Å²) in [6.45, 7) is 5.27. The van der Waals surface area contributed by atoms with E-state index in [1.54, 1.807) is 0 Å². The SMILES string of the molecule is CC1(COc2cccc3c2CCNC3)CCSC1. The summed E-state index contributed by atoms with van der Waals surface area (Å²) < 4.78 is 6.15. The average molecular weight is 263 g/mol. The van der Waals surface area contributed by atoms with Crippen LogP contribution in [0.4, 0.5) is 0 Å². The third kappa shape index (κ3) is 2.52. The van der Waals surface area contributed by atoms with E-state index < -0.39 is 0 Å². The maximum absolute atomic E-state index is 6.15. The van der Waals surface area contributed by atoms with Gasteiger partial charge in [0.25, 0.3) is 0 Å². The van der Waals surface area contributed by atoms with Gasteiger partial charge in [-0.2, -0.15) is 11.8 Å². The van der Waals surface area contributed by atoms with Crippen LogP contribution in [0.25, 0.3) is 0 Å². The summed E-state index contributed by atoms with van der Waals surface area (Å²) in [5.74, 6) is 3.65. The minimum Gasteiger partial charge on any atom is -0.493 e. The van der Waals surface area contributed by atoms with Crippen LogP contribution in [-0.4, -0.2) is 24.7 Å². The molecule has 1 unspecified atom stereocenters. The third-order valence-corrected chi connectivity index (χ3v) is 5.37. The van der Waals surface area contributed by atoms with Crippen LogP contribution in [0, 0.1) is 5.41 Å². The van der Waals surface area contributed by atoms with E-state index in [0.717, 1.165) is 31.9 Å². The summed E-state index contributed by atoms with van der Waals surface area (Å²) in [5.41, 5.74) is 3.20. The van der Waals surface area contributed by atoms with Crippen LogP contribution in [0.2, 0.25) is 0 Å². The number of fused-ring (bicyclic) bond motifs is 1. The number of thioether (sulfide) groups is 1. The number of ether oxygens (including phenoxy) is 1. The van der Waals surface area contributed by atoms with E-state index in [1.807, 2.05) is 0 Å². The smallest absolute Gasteiger partial charge is 0.122 e. The number of hydrogen-bond donors (Lipinski definition) is 1. The highest BCUT2D eigenvalue weighted by Gasteiger charge is 2.30. The van der Waals surface area contributed by atoms with Crippen LogP contribution >= 0.6 is 11.8 Å². The van der Waals surface area contributed by atoms with Gasteiger partial charge in [-0.1, -0.05) is 19.1 Å². The lowest BCUT2D eigenvalue weighted by atomic mass is 9.91. The Morgan fingerprint density at radius 2 is 2.39 bits per heavy atom. The van der Waals surface area contributed by atoms with Gasteiger partial charge in [0.1, 0.15) is 5.75 Å². The Morgan fingerprint density at radius 1 is 1.44 bits per heavy atom. The minimum atomic E-state index is 0.375. The van der Waals surface area contributed by atoms with Crippen LogP contribution in [-0.2, 0) is 13.0 Å². The van der Waals surface area contributed by atoms with Crippen LogP contribution in [0.1, 0.15) is 24.5 Å². The van der Waals surface area contributed by atoms with Gasteiger partial charge in [0.2, 0.25) is 0 Å². The number of benzene rings is 1. The predicted octanol–water partition coefficient (Wildman–Crippen LogP) is 2.85. The lowest BCUT2D eigenvalue weighted by Gasteiger charge is -2.25. The monoisotopic (exact) mass is 263 g/mol. The van der Waals surface area contributed by atoms with Crippen molar-refractivity contribution in [3.8, 4) is 5.75 Å². The molecule has 2 heterocycles. The van der Waals surface area contributed by atoms with Crippen LogP contribution in [0.3, 0.4) is 0 Å². The third-order valence-electron chi connectivity index (χ3n) is 3.97. The Morgan fingerprint density at radius 3 is 3.22 bits per heavy atom. The van der Waals surface area contributed by atoms with Crippen molar-refractivity contribution < 1.29 is 4.74 Å². The molecule has 1 fully saturated rings. The van der Waals surface area contributed by atoms with E-state index in [1.165, 1.54) is 29.1 Å². The van der Waals surface area contributed by atoms with E-state index in [2.05, 4.69) is 42.2 Å². The van der Waals surface area contributed by atoms with Crippen LogP contribution < -0.4 is 10.1 Å². The molecule has 2 aliphatic rings. The first-order valence-electron chi connectivity index (χ1n) is 6.79. The second-order valence-electron chi connectivity index (χ2n) is 5.72. The summed E-state index contributed by atoms with van der Waals surface area (Å²) in [4.78, 5) is 0.